The number of rotatable bonds is 5. The summed E-state index contributed by atoms with van der Waals surface area (Å²) >= 11 is 3.66. The minimum absolute atomic E-state index is 0.0261. The van der Waals surface area contributed by atoms with Gasteiger partial charge in [0, 0.05) is 5.92 Å². The van der Waals surface area contributed by atoms with Gasteiger partial charge in [-0.05, 0) is 17.5 Å². The molecule has 2 heteroatoms. The molecule has 2 aromatic carbocycles. The molecule has 2 rings (SSSR count). The normalized spacial score (nSPS) is 11.4. The summed E-state index contributed by atoms with van der Waals surface area (Å²) in [6, 6.07) is 23.0. The number of halogens is 1. The maximum Gasteiger partial charge on any atom is 0.0985 e. The number of benzene rings is 2. The molecule has 88 valence electrons. The first kappa shape index (κ1) is 12.6. The van der Waals surface area contributed by atoms with E-state index in [9.17, 15) is 0 Å². The van der Waals surface area contributed by atoms with Gasteiger partial charge in [-0.2, -0.15) is 0 Å². The van der Waals surface area contributed by atoms with Gasteiger partial charge in [-0.15, -0.1) is 15.3 Å². The molecule has 0 atom stereocenters. The fourth-order valence-electron chi connectivity index (χ4n) is 2.18. The Balaban J connectivity index is 2.26. The molecule has 0 unspecified atom stereocenters. The van der Waals surface area contributed by atoms with Crippen LogP contribution in [0.25, 0.3) is 0 Å². The summed E-state index contributed by atoms with van der Waals surface area (Å²) in [6.45, 7) is 0. The van der Waals surface area contributed by atoms with E-state index in [4.69, 9.17) is 0 Å². The fourth-order valence-corrected chi connectivity index (χ4v) is 3.71. The first-order valence-corrected chi connectivity index (χ1v) is 11.0. The highest BCUT2D eigenvalue weighted by atomic mass is 79.9. The molecule has 0 saturated carbocycles. The predicted molar refractivity (Wildman–Crippen MR) is 81.6 cm³/mol. The zero-order valence-corrected chi connectivity index (χ0v) is 12.9. The van der Waals surface area contributed by atoms with Gasteiger partial charge in [0.25, 0.3) is 0 Å². The molecule has 0 aromatic heterocycles. The second-order valence-corrected chi connectivity index (χ2v) is 7.67. The summed E-state index contributed by atoms with van der Waals surface area (Å²) in [4.78, 5) is 0. The summed E-state index contributed by atoms with van der Waals surface area (Å²) in [5, 5.41) is 0. The van der Waals surface area contributed by atoms with Crippen LogP contribution in [-0.4, -0.2) is 8.14 Å². The van der Waals surface area contributed by atoms with Crippen molar-refractivity contribution >= 4 is 23.4 Å². The van der Waals surface area contributed by atoms with E-state index in [1.807, 2.05) is 0 Å². The Morgan fingerprint density at radius 2 is 1.29 bits per heavy atom. The number of hydrogen-bond donors (Lipinski definition) is 0. The van der Waals surface area contributed by atoms with Crippen molar-refractivity contribution < 1.29 is 0 Å². The molecule has 0 N–H and O–H groups in total. The second kappa shape index (κ2) is 6.77. The Morgan fingerprint density at radius 1 is 0.824 bits per heavy atom. The summed E-state index contributed by atoms with van der Waals surface area (Å²) in [6.07, 6.45) is 1.26. The predicted octanol–water partition coefficient (Wildman–Crippen LogP) is 4.11. The van der Waals surface area contributed by atoms with E-state index in [1.54, 1.807) is 0 Å². The highest BCUT2D eigenvalue weighted by molar-refractivity contribution is 9.23. The van der Waals surface area contributed by atoms with Gasteiger partial charge in [0.15, 0.2) is 0 Å². The van der Waals surface area contributed by atoms with Crippen molar-refractivity contribution in [3.05, 3.63) is 71.8 Å². The standard InChI is InChI=1S/C15H17BrSi/c16-17-12-11-15(13-7-3-1-4-8-13)14-9-5-2-6-10-14/h1-10,15H,11-12,17H2. The molecule has 0 aliphatic rings. The lowest BCUT2D eigenvalue weighted by molar-refractivity contribution is 0.776. The highest BCUT2D eigenvalue weighted by Crippen LogP contribution is 2.29. The third kappa shape index (κ3) is 3.55. The summed E-state index contributed by atoms with van der Waals surface area (Å²) < 4.78 is 0. The van der Waals surface area contributed by atoms with Crippen LogP contribution in [0, 0.1) is 0 Å². The van der Waals surface area contributed by atoms with Crippen LogP contribution >= 0.6 is 15.3 Å². The molecule has 0 aliphatic carbocycles. The molecule has 2 aromatic rings. The van der Waals surface area contributed by atoms with Crippen LogP contribution < -0.4 is 0 Å². The molecule has 0 saturated heterocycles. The Kier molecular flexibility index (Phi) is 5.01. The van der Waals surface area contributed by atoms with Crippen LogP contribution in [0.4, 0.5) is 0 Å². The maximum atomic E-state index is 3.66. The van der Waals surface area contributed by atoms with Gasteiger partial charge in [-0.3, -0.25) is 0 Å². The maximum absolute atomic E-state index is 3.66. The van der Waals surface area contributed by atoms with E-state index >= 15 is 0 Å². The molecule has 0 bridgehead atoms. The third-order valence-electron chi connectivity index (χ3n) is 3.03. The van der Waals surface area contributed by atoms with Crippen LogP contribution in [-0.2, 0) is 0 Å². The van der Waals surface area contributed by atoms with Crippen molar-refractivity contribution in [2.24, 2.45) is 0 Å². The topological polar surface area (TPSA) is 0 Å². The van der Waals surface area contributed by atoms with Gasteiger partial charge >= 0.3 is 0 Å². The molecule has 0 radical (unpaired) electrons. The number of hydrogen-bond acceptors (Lipinski definition) is 0. The zero-order valence-electron chi connectivity index (χ0n) is 9.85. The molecule has 17 heavy (non-hydrogen) atoms. The van der Waals surface area contributed by atoms with Crippen molar-refractivity contribution in [3.63, 3.8) is 0 Å². The molecule has 0 fully saturated rings. The van der Waals surface area contributed by atoms with Gasteiger partial charge in [-0.25, -0.2) is 0 Å². The van der Waals surface area contributed by atoms with Gasteiger partial charge in [0.05, 0.1) is 8.14 Å². The third-order valence-corrected chi connectivity index (χ3v) is 5.39. The van der Waals surface area contributed by atoms with Crippen LogP contribution in [0.3, 0.4) is 0 Å². The Labute approximate surface area is 113 Å². The lowest BCUT2D eigenvalue weighted by atomic mass is 9.89. The van der Waals surface area contributed by atoms with Crippen molar-refractivity contribution in [1.29, 1.82) is 0 Å². The fraction of sp³-hybridized carbons (Fsp3) is 0.200. The van der Waals surface area contributed by atoms with Gasteiger partial charge in [0.2, 0.25) is 0 Å². The minimum atomic E-state index is -0.0261. The van der Waals surface area contributed by atoms with Crippen LogP contribution in [0.2, 0.25) is 6.04 Å². The summed E-state index contributed by atoms with van der Waals surface area (Å²) in [5.41, 5.74) is 2.88. The smallest absolute Gasteiger partial charge is 0.0985 e. The molecule has 0 spiro atoms. The van der Waals surface area contributed by atoms with E-state index in [1.165, 1.54) is 23.6 Å². The van der Waals surface area contributed by atoms with Crippen molar-refractivity contribution in [2.75, 3.05) is 0 Å². The lowest BCUT2D eigenvalue weighted by Gasteiger charge is -2.17. The van der Waals surface area contributed by atoms with Gasteiger partial charge < -0.3 is 0 Å². The highest BCUT2D eigenvalue weighted by Gasteiger charge is 2.12. The first-order chi connectivity index (χ1) is 8.42. The average molecular weight is 305 g/mol. The van der Waals surface area contributed by atoms with Crippen molar-refractivity contribution in [1.82, 2.24) is 0 Å². The van der Waals surface area contributed by atoms with Crippen LogP contribution in [0.15, 0.2) is 60.7 Å². The molecular weight excluding hydrogens is 288 g/mol. The minimum Gasteiger partial charge on any atom is -0.135 e. The Morgan fingerprint density at radius 3 is 1.71 bits per heavy atom. The summed E-state index contributed by atoms with van der Waals surface area (Å²) in [5.74, 6) is 0.558. The van der Waals surface area contributed by atoms with Crippen molar-refractivity contribution in [2.45, 2.75) is 18.4 Å². The monoisotopic (exact) mass is 304 g/mol. The van der Waals surface area contributed by atoms with E-state index < -0.39 is 0 Å². The van der Waals surface area contributed by atoms with Gasteiger partial charge in [0.1, 0.15) is 0 Å². The first-order valence-electron chi connectivity index (χ1n) is 6.07. The lowest BCUT2D eigenvalue weighted by Crippen LogP contribution is -2.01. The van der Waals surface area contributed by atoms with E-state index in [0.29, 0.717) is 5.92 Å². The molecular formula is C15H17BrSi. The van der Waals surface area contributed by atoms with E-state index in [-0.39, 0.29) is 8.14 Å². The quantitative estimate of drug-likeness (QED) is 0.576. The van der Waals surface area contributed by atoms with E-state index in [0.717, 1.165) is 0 Å². The SMILES string of the molecule is Br[SiH2]CCC(c1ccccc1)c1ccccc1. The molecule has 0 nitrogen and oxygen atoms in total. The zero-order chi connectivity index (χ0) is 11.9. The molecule has 0 heterocycles. The second-order valence-electron chi connectivity index (χ2n) is 4.21. The molecule has 0 aliphatic heterocycles. The van der Waals surface area contributed by atoms with E-state index in [2.05, 4.69) is 76.0 Å². The largest absolute Gasteiger partial charge is 0.135 e. The van der Waals surface area contributed by atoms with Gasteiger partial charge in [-0.1, -0.05) is 66.7 Å². The van der Waals surface area contributed by atoms with Crippen LogP contribution in [0.5, 0.6) is 0 Å². The summed E-state index contributed by atoms with van der Waals surface area (Å²) in [7, 11) is -0.0261. The Bertz CT molecular complexity index is 388. The van der Waals surface area contributed by atoms with Crippen LogP contribution in [0.1, 0.15) is 23.5 Å². The average Bonchev–Trinajstić information content (AvgIpc) is 2.42. The molecule has 0 amide bonds. The Hall–Kier alpha value is -0.863. The van der Waals surface area contributed by atoms with Crippen molar-refractivity contribution in [3.8, 4) is 0 Å².